The van der Waals surface area contributed by atoms with Crippen molar-refractivity contribution in [3.63, 3.8) is 0 Å². The second-order valence-corrected chi connectivity index (χ2v) is 6.48. The number of carbonyl (C=O) groups is 1. The van der Waals surface area contributed by atoms with Crippen LogP contribution in [0.2, 0.25) is 0 Å². The number of rotatable bonds is 3. The topological polar surface area (TPSA) is 29.1 Å². The van der Waals surface area contributed by atoms with Crippen molar-refractivity contribution in [2.24, 2.45) is 0 Å². The molecule has 2 nitrogen and oxygen atoms in total. The van der Waals surface area contributed by atoms with Gasteiger partial charge in [0.25, 0.3) is 0 Å². The molecular formula is C19H23NO. The van der Waals surface area contributed by atoms with E-state index < -0.39 is 0 Å². The van der Waals surface area contributed by atoms with Gasteiger partial charge in [-0.25, -0.2) is 0 Å². The third-order valence-corrected chi connectivity index (χ3v) is 3.65. The quantitative estimate of drug-likeness (QED) is 0.883. The van der Waals surface area contributed by atoms with Gasteiger partial charge in [-0.15, -0.1) is 0 Å². The lowest BCUT2D eigenvalue weighted by atomic mass is 9.87. The lowest BCUT2D eigenvalue weighted by molar-refractivity contribution is -0.115. The zero-order valence-corrected chi connectivity index (χ0v) is 13.2. The van der Waals surface area contributed by atoms with Gasteiger partial charge in [-0.05, 0) is 41.2 Å². The molecule has 0 heterocycles. The van der Waals surface area contributed by atoms with E-state index in [2.05, 4.69) is 38.2 Å². The number of nitrogens with one attached hydrogen (secondary N) is 1. The Bertz CT molecular complexity index is 621. The number of amides is 1. The predicted molar refractivity (Wildman–Crippen MR) is 88.7 cm³/mol. The van der Waals surface area contributed by atoms with Crippen LogP contribution in [-0.2, 0) is 16.6 Å². The van der Waals surface area contributed by atoms with Gasteiger partial charge in [0.2, 0.25) is 5.91 Å². The summed E-state index contributed by atoms with van der Waals surface area (Å²) in [5, 5.41) is 2.96. The molecule has 0 aliphatic carbocycles. The second kappa shape index (κ2) is 6.13. The van der Waals surface area contributed by atoms with Gasteiger partial charge in [0.1, 0.15) is 0 Å². The number of hydrogen-bond donors (Lipinski definition) is 1. The van der Waals surface area contributed by atoms with Crippen molar-refractivity contribution >= 4 is 11.6 Å². The fraction of sp³-hybridized carbons (Fsp3) is 0.316. The SMILES string of the molecule is Cc1ccccc1CC(=O)Nc1ccc(C(C)(C)C)cc1. The number of carbonyl (C=O) groups excluding carboxylic acids is 1. The molecule has 2 rings (SSSR count). The molecule has 2 heteroatoms. The monoisotopic (exact) mass is 281 g/mol. The molecule has 0 aliphatic rings. The highest BCUT2D eigenvalue weighted by atomic mass is 16.1. The van der Waals surface area contributed by atoms with Crippen LogP contribution in [-0.4, -0.2) is 5.91 Å². The van der Waals surface area contributed by atoms with Gasteiger partial charge in [-0.2, -0.15) is 0 Å². The van der Waals surface area contributed by atoms with Crippen LogP contribution < -0.4 is 5.32 Å². The first-order valence-corrected chi connectivity index (χ1v) is 7.31. The average Bonchev–Trinajstić information content (AvgIpc) is 2.41. The number of anilines is 1. The molecule has 0 saturated carbocycles. The summed E-state index contributed by atoms with van der Waals surface area (Å²) < 4.78 is 0. The highest BCUT2D eigenvalue weighted by Crippen LogP contribution is 2.23. The Morgan fingerprint density at radius 1 is 1.00 bits per heavy atom. The van der Waals surface area contributed by atoms with Gasteiger partial charge in [0.15, 0.2) is 0 Å². The molecule has 0 bridgehead atoms. The fourth-order valence-electron chi connectivity index (χ4n) is 2.24. The molecule has 0 atom stereocenters. The van der Waals surface area contributed by atoms with Crippen LogP contribution in [0.1, 0.15) is 37.5 Å². The normalized spacial score (nSPS) is 11.2. The number of benzene rings is 2. The smallest absolute Gasteiger partial charge is 0.228 e. The van der Waals surface area contributed by atoms with Gasteiger partial charge < -0.3 is 5.32 Å². The molecular weight excluding hydrogens is 258 g/mol. The lowest BCUT2D eigenvalue weighted by Crippen LogP contribution is -2.15. The van der Waals surface area contributed by atoms with Crippen LogP contribution in [0.15, 0.2) is 48.5 Å². The van der Waals surface area contributed by atoms with Crippen LogP contribution in [0, 0.1) is 6.92 Å². The third-order valence-electron chi connectivity index (χ3n) is 3.65. The van der Waals surface area contributed by atoms with E-state index in [0.29, 0.717) is 6.42 Å². The highest BCUT2D eigenvalue weighted by Gasteiger charge is 2.13. The molecule has 0 saturated heterocycles. The fourth-order valence-corrected chi connectivity index (χ4v) is 2.24. The van der Waals surface area contributed by atoms with Crippen molar-refractivity contribution < 1.29 is 4.79 Å². The first-order chi connectivity index (χ1) is 9.86. The Hall–Kier alpha value is -2.09. The summed E-state index contributed by atoms with van der Waals surface area (Å²) in [6.45, 7) is 8.57. The molecule has 1 amide bonds. The molecule has 0 fully saturated rings. The van der Waals surface area contributed by atoms with Crippen molar-refractivity contribution in [3.05, 3.63) is 65.2 Å². The van der Waals surface area contributed by atoms with Crippen molar-refractivity contribution in [1.29, 1.82) is 0 Å². The van der Waals surface area contributed by atoms with Gasteiger partial charge >= 0.3 is 0 Å². The Morgan fingerprint density at radius 2 is 1.62 bits per heavy atom. The van der Waals surface area contributed by atoms with E-state index >= 15 is 0 Å². The summed E-state index contributed by atoms with van der Waals surface area (Å²) in [5.74, 6) is 0.0211. The minimum absolute atomic E-state index is 0.0211. The van der Waals surface area contributed by atoms with Gasteiger partial charge in [0.05, 0.1) is 6.42 Å². The van der Waals surface area contributed by atoms with E-state index in [1.807, 2.05) is 43.3 Å². The van der Waals surface area contributed by atoms with Crippen LogP contribution in [0.5, 0.6) is 0 Å². The maximum absolute atomic E-state index is 12.1. The maximum atomic E-state index is 12.1. The summed E-state index contributed by atoms with van der Waals surface area (Å²) in [5.41, 5.74) is 4.46. The summed E-state index contributed by atoms with van der Waals surface area (Å²) >= 11 is 0. The molecule has 0 aromatic heterocycles. The molecule has 0 radical (unpaired) electrons. The predicted octanol–water partition coefficient (Wildman–Crippen LogP) is 4.47. The van der Waals surface area contributed by atoms with E-state index in [-0.39, 0.29) is 11.3 Å². The Kier molecular flexibility index (Phi) is 4.46. The van der Waals surface area contributed by atoms with E-state index in [1.165, 1.54) is 5.56 Å². The Labute approximate surface area is 127 Å². The Balaban J connectivity index is 2.02. The number of hydrogen-bond acceptors (Lipinski definition) is 1. The highest BCUT2D eigenvalue weighted by molar-refractivity contribution is 5.92. The standard InChI is InChI=1S/C19H23NO/c1-14-7-5-6-8-15(14)13-18(21)20-17-11-9-16(10-12-17)19(2,3)4/h5-12H,13H2,1-4H3,(H,20,21). The van der Waals surface area contributed by atoms with Crippen LogP contribution in [0.4, 0.5) is 5.69 Å². The maximum Gasteiger partial charge on any atom is 0.228 e. The zero-order valence-electron chi connectivity index (χ0n) is 13.2. The minimum Gasteiger partial charge on any atom is -0.326 e. The third kappa shape index (κ3) is 4.19. The van der Waals surface area contributed by atoms with Crippen molar-refractivity contribution in [3.8, 4) is 0 Å². The zero-order chi connectivity index (χ0) is 15.5. The molecule has 2 aromatic rings. The molecule has 0 spiro atoms. The first-order valence-electron chi connectivity index (χ1n) is 7.31. The second-order valence-electron chi connectivity index (χ2n) is 6.48. The van der Waals surface area contributed by atoms with E-state index in [1.54, 1.807) is 0 Å². The molecule has 0 aliphatic heterocycles. The van der Waals surface area contributed by atoms with Crippen LogP contribution in [0.25, 0.3) is 0 Å². The molecule has 0 unspecified atom stereocenters. The van der Waals surface area contributed by atoms with Crippen molar-refractivity contribution in [1.82, 2.24) is 0 Å². The van der Waals surface area contributed by atoms with Gasteiger partial charge in [-0.1, -0.05) is 57.2 Å². The summed E-state index contributed by atoms with van der Waals surface area (Å²) in [7, 11) is 0. The average molecular weight is 281 g/mol. The van der Waals surface area contributed by atoms with Gasteiger partial charge in [0, 0.05) is 5.69 Å². The molecule has 2 aromatic carbocycles. The van der Waals surface area contributed by atoms with Crippen molar-refractivity contribution in [2.45, 2.75) is 39.5 Å². The van der Waals surface area contributed by atoms with Crippen molar-refractivity contribution in [2.75, 3.05) is 5.32 Å². The molecule has 1 N–H and O–H groups in total. The lowest BCUT2D eigenvalue weighted by Gasteiger charge is -2.19. The van der Waals surface area contributed by atoms with Crippen LogP contribution >= 0.6 is 0 Å². The van der Waals surface area contributed by atoms with E-state index in [4.69, 9.17) is 0 Å². The van der Waals surface area contributed by atoms with E-state index in [9.17, 15) is 4.79 Å². The number of aryl methyl sites for hydroxylation is 1. The van der Waals surface area contributed by atoms with Crippen LogP contribution in [0.3, 0.4) is 0 Å². The molecule has 21 heavy (non-hydrogen) atoms. The summed E-state index contributed by atoms with van der Waals surface area (Å²) in [6.07, 6.45) is 0.410. The molecule has 110 valence electrons. The summed E-state index contributed by atoms with van der Waals surface area (Å²) in [4.78, 5) is 12.1. The largest absolute Gasteiger partial charge is 0.326 e. The minimum atomic E-state index is 0.0211. The summed E-state index contributed by atoms with van der Waals surface area (Å²) in [6, 6.07) is 16.1. The Morgan fingerprint density at radius 3 is 2.19 bits per heavy atom. The van der Waals surface area contributed by atoms with Gasteiger partial charge in [-0.3, -0.25) is 4.79 Å². The first kappa shape index (κ1) is 15.3. The van der Waals surface area contributed by atoms with E-state index in [0.717, 1.165) is 16.8 Å².